The van der Waals surface area contributed by atoms with Crippen LogP contribution in [0.2, 0.25) is 0 Å². The molecule has 3 heterocycles. The fourth-order valence-corrected chi connectivity index (χ4v) is 2.31. The fourth-order valence-electron chi connectivity index (χ4n) is 2.31. The van der Waals surface area contributed by atoms with Crippen LogP contribution in [0.4, 0.5) is 0 Å². The molecule has 2 atom stereocenters. The quantitative estimate of drug-likeness (QED) is 0.522. The van der Waals surface area contributed by atoms with Gasteiger partial charge in [0.1, 0.15) is 11.6 Å². The normalized spacial score (nSPS) is 38.8. The summed E-state index contributed by atoms with van der Waals surface area (Å²) in [5, 5.41) is 0. The van der Waals surface area contributed by atoms with Crippen molar-refractivity contribution in [2.75, 3.05) is 14.1 Å². The van der Waals surface area contributed by atoms with Crippen molar-refractivity contribution in [3.63, 3.8) is 0 Å². The van der Waals surface area contributed by atoms with Crippen LogP contribution in [0.5, 0.6) is 0 Å². The highest BCUT2D eigenvalue weighted by Gasteiger charge is 2.55. The van der Waals surface area contributed by atoms with Crippen molar-refractivity contribution in [3.8, 4) is 0 Å². The third-order valence-electron chi connectivity index (χ3n) is 3.51. The van der Waals surface area contributed by atoms with Crippen molar-refractivity contribution in [1.29, 1.82) is 0 Å². The van der Waals surface area contributed by atoms with E-state index in [9.17, 15) is 9.59 Å². The molecule has 72 valence electrons. The lowest BCUT2D eigenvalue weighted by molar-refractivity contribution is -0.174. The van der Waals surface area contributed by atoms with E-state index in [2.05, 4.69) is 0 Å². The second-order valence-corrected chi connectivity index (χ2v) is 4.14. The van der Waals surface area contributed by atoms with Crippen molar-refractivity contribution >= 4 is 11.8 Å². The van der Waals surface area contributed by atoms with Crippen LogP contribution in [0, 0.1) is 0 Å². The smallest absolute Gasteiger partial charge is 0.248 e. The van der Waals surface area contributed by atoms with Gasteiger partial charge in [-0.3, -0.25) is 9.59 Å². The van der Waals surface area contributed by atoms with Gasteiger partial charge in [0.15, 0.2) is 0 Å². The van der Waals surface area contributed by atoms with Gasteiger partial charge in [0, 0.05) is 14.1 Å². The summed E-state index contributed by atoms with van der Waals surface area (Å²) < 4.78 is 0. The second kappa shape index (κ2) is 2.25. The maximum absolute atomic E-state index is 11.8. The summed E-state index contributed by atoms with van der Waals surface area (Å²) in [5.74, 6) is 0.154. The van der Waals surface area contributed by atoms with Gasteiger partial charge in [-0.15, -0.1) is 0 Å². The van der Waals surface area contributed by atoms with Gasteiger partial charge in [-0.1, -0.05) is 0 Å². The van der Waals surface area contributed by atoms with Crippen molar-refractivity contribution in [2.24, 2.45) is 0 Å². The molecule has 2 bridgehead atoms. The molecule has 2 amide bonds. The van der Waals surface area contributed by atoms with E-state index in [0.717, 1.165) is 12.8 Å². The van der Waals surface area contributed by atoms with Crippen LogP contribution < -0.4 is 0 Å². The first-order chi connectivity index (χ1) is 5.98. The first kappa shape index (κ1) is 8.53. The molecule has 2 unspecified atom stereocenters. The molecule has 4 heteroatoms. The zero-order valence-corrected chi connectivity index (χ0v) is 8.20. The Balaban J connectivity index is 2.45. The molecule has 0 spiro atoms. The van der Waals surface area contributed by atoms with Crippen LogP contribution in [0.25, 0.3) is 0 Å². The van der Waals surface area contributed by atoms with E-state index in [0.29, 0.717) is 0 Å². The highest BCUT2D eigenvalue weighted by atomic mass is 16.2. The second-order valence-electron chi connectivity index (χ2n) is 4.14. The van der Waals surface area contributed by atoms with Crippen molar-refractivity contribution < 1.29 is 9.59 Å². The van der Waals surface area contributed by atoms with E-state index < -0.39 is 5.54 Å². The van der Waals surface area contributed by atoms with Crippen LogP contribution in [0.3, 0.4) is 0 Å². The van der Waals surface area contributed by atoms with Gasteiger partial charge < -0.3 is 9.80 Å². The summed E-state index contributed by atoms with van der Waals surface area (Å²) in [6.45, 7) is 1.85. The molecule has 3 rings (SSSR count). The Labute approximate surface area is 77.5 Å². The summed E-state index contributed by atoms with van der Waals surface area (Å²) in [6, 6.07) is -0.209. The zero-order valence-electron chi connectivity index (χ0n) is 8.20. The molecule has 3 saturated heterocycles. The molecule has 0 N–H and O–H groups in total. The molecule has 3 fully saturated rings. The monoisotopic (exact) mass is 182 g/mol. The average molecular weight is 182 g/mol. The Bertz CT molecular complexity index is 285. The number of piperidine rings is 2. The van der Waals surface area contributed by atoms with Crippen LogP contribution in [0.1, 0.15) is 19.8 Å². The maximum atomic E-state index is 11.8. The van der Waals surface area contributed by atoms with Gasteiger partial charge in [-0.25, -0.2) is 0 Å². The Kier molecular flexibility index (Phi) is 1.47. The molecule has 13 heavy (non-hydrogen) atoms. The Morgan fingerprint density at radius 2 is 2.00 bits per heavy atom. The molecular formula is C9H14N2O2. The topological polar surface area (TPSA) is 40.6 Å². The zero-order chi connectivity index (χ0) is 9.80. The molecule has 0 aromatic carbocycles. The van der Waals surface area contributed by atoms with E-state index in [4.69, 9.17) is 0 Å². The third-order valence-corrected chi connectivity index (χ3v) is 3.51. The van der Waals surface area contributed by atoms with Gasteiger partial charge >= 0.3 is 0 Å². The molecule has 3 aliphatic rings. The van der Waals surface area contributed by atoms with Gasteiger partial charge in [-0.2, -0.15) is 0 Å². The standard InChI is InChI=1S/C9H14N2O2/c1-9-5-4-6(7(12)11(9)3)10(2)8(9)13/h6H,4-5H2,1-3H3. The van der Waals surface area contributed by atoms with E-state index in [1.165, 1.54) is 0 Å². The van der Waals surface area contributed by atoms with Crippen LogP contribution in [-0.2, 0) is 9.59 Å². The lowest BCUT2D eigenvalue weighted by Crippen LogP contribution is -2.72. The van der Waals surface area contributed by atoms with E-state index in [-0.39, 0.29) is 17.9 Å². The number of amides is 2. The van der Waals surface area contributed by atoms with Gasteiger partial charge in [0.05, 0.1) is 0 Å². The number of fused-ring (bicyclic) bond motifs is 3. The van der Waals surface area contributed by atoms with Crippen molar-refractivity contribution in [3.05, 3.63) is 0 Å². The first-order valence-electron chi connectivity index (χ1n) is 4.53. The predicted octanol–water partition coefficient (Wildman–Crippen LogP) is -0.162. The number of nitrogens with zero attached hydrogens (tertiary/aromatic N) is 2. The van der Waals surface area contributed by atoms with Crippen LogP contribution >= 0.6 is 0 Å². The first-order valence-corrected chi connectivity index (χ1v) is 4.53. The predicted molar refractivity (Wildman–Crippen MR) is 47.0 cm³/mol. The Morgan fingerprint density at radius 1 is 1.38 bits per heavy atom. The molecule has 0 aromatic rings. The van der Waals surface area contributed by atoms with Crippen LogP contribution in [-0.4, -0.2) is 47.3 Å². The summed E-state index contributed by atoms with van der Waals surface area (Å²) in [4.78, 5) is 26.7. The lowest BCUT2D eigenvalue weighted by Gasteiger charge is -2.53. The fraction of sp³-hybridized carbons (Fsp3) is 0.778. The highest BCUT2D eigenvalue weighted by molar-refractivity contribution is 6.00. The number of carbonyl (C=O) groups excluding carboxylic acids is 2. The minimum absolute atomic E-state index is 0.0749. The number of rotatable bonds is 0. The van der Waals surface area contributed by atoms with E-state index >= 15 is 0 Å². The minimum Gasteiger partial charge on any atom is -0.332 e. The van der Waals surface area contributed by atoms with Gasteiger partial charge in [0.2, 0.25) is 11.8 Å². The third kappa shape index (κ3) is 0.806. The number of carbonyl (C=O) groups is 2. The molecule has 0 aromatic heterocycles. The molecule has 0 saturated carbocycles. The summed E-state index contributed by atoms with van der Waals surface area (Å²) in [5.41, 5.74) is -0.583. The molecule has 0 radical (unpaired) electrons. The minimum atomic E-state index is -0.583. The Morgan fingerprint density at radius 3 is 2.62 bits per heavy atom. The average Bonchev–Trinajstić information content (AvgIpc) is 2.10. The van der Waals surface area contributed by atoms with Gasteiger partial charge in [-0.05, 0) is 19.8 Å². The SMILES string of the molecule is CN1C(=O)C2(C)CCC1C(=O)N2C. The molecule has 0 aliphatic carbocycles. The highest BCUT2D eigenvalue weighted by Crippen LogP contribution is 2.36. The molecule has 3 aliphatic heterocycles. The van der Waals surface area contributed by atoms with Gasteiger partial charge in [0.25, 0.3) is 0 Å². The number of likely N-dealkylation sites (N-methyl/N-ethyl adjacent to an activating group) is 2. The molecular weight excluding hydrogens is 168 g/mol. The number of hydrogen-bond donors (Lipinski definition) is 0. The van der Waals surface area contributed by atoms with Crippen molar-refractivity contribution in [2.45, 2.75) is 31.3 Å². The Hall–Kier alpha value is -1.06. The lowest BCUT2D eigenvalue weighted by atomic mass is 9.80. The summed E-state index contributed by atoms with van der Waals surface area (Å²) >= 11 is 0. The number of piperazine rings is 1. The van der Waals surface area contributed by atoms with E-state index in [1.54, 1.807) is 23.9 Å². The summed E-state index contributed by atoms with van der Waals surface area (Å²) in [6.07, 6.45) is 1.60. The summed E-state index contributed by atoms with van der Waals surface area (Å²) in [7, 11) is 3.44. The largest absolute Gasteiger partial charge is 0.332 e. The molecule has 4 nitrogen and oxygen atoms in total. The van der Waals surface area contributed by atoms with Crippen molar-refractivity contribution in [1.82, 2.24) is 9.80 Å². The van der Waals surface area contributed by atoms with Crippen LogP contribution in [0.15, 0.2) is 0 Å². The van der Waals surface area contributed by atoms with E-state index in [1.807, 2.05) is 6.92 Å². The maximum Gasteiger partial charge on any atom is 0.248 e. The number of hydrogen-bond acceptors (Lipinski definition) is 2.